The second kappa shape index (κ2) is 3.90. The molecule has 0 unspecified atom stereocenters. The van der Waals surface area contributed by atoms with Gasteiger partial charge in [0.05, 0.1) is 0 Å². The maximum absolute atomic E-state index is 11.5. The molecule has 0 aromatic heterocycles. The van der Waals surface area contributed by atoms with Crippen LogP contribution >= 0.6 is 0 Å². The van der Waals surface area contributed by atoms with Crippen LogP contribution in [0.15, 0.2) is 36.9 Å². The monoisotopic (exact) mass is 175 g/mol. The van der Waals surface area contributed by atoms with Crippen LogP contribution < -0.4 is 0 Å². The van der Waals surface area contributed by atoms with Gasteiger partial charge >= 0.3 is 0 Å². The van der Waals surface area contributed by atoms with E-state index in [-0.39, 0.29) is 5.91 Å². The summed E-state index contributed by atoms with van der Waals surface area (Å²) in [7, 11) is 3.44. The van der Waals surface area contributed by atoms with E-state index in [2.05, 4.69) is 6.58 Å². The second-order valence-corrected chi connectivity index (χ2v) is 3.04. The Kier molecular flexibility index (Phi) is 2.85. The average molecular weight is 175 g/mol. The van der Waals surface area contributed by atoms with Crippen molar-refractivity contribution in [2.24, 2.45) is 0 Å². The van der Waals surface area contributed by atoms with E-state index < -0.39 is 0 Å². The lowest BCUT2D eigenvalue weighted by molar-refractivity contribution is -0.122. The summed E-state index contributed by atoms with van der Waals surface area (Å²) in [5.41, 5.74) is 1.41. The highest BCUT2D eigenvalue weighted by Crippen LogP contribution is 2.12. The lowest BCUT2D eigenvalue weighted by Crippen LogP contribution is -2.22. The number of carbonyl (C=O) groups is 1. The highest BCUT2D eigenvalue weighted by atomic mass is 16.2. The molecule has 0 aliphatic heterocycles. The van der Waals surface area contributed by atoms with Crippen LogP contribution in [0.25, 0.3) is 5.57 Å². The Morgan fingerprint density at radius 3 is 2.23 bits per heavy atom. The van der Waals surface area contributed by atoms with Gasteiger partial charge in [0.2, 0.25) is 0 Å². The van der Waals surface area contributed by atoms with E-state index in [0.717, 1.165) is 5.56 Å². The third kappa shape index (κ3) is 2.18. The maximum Gasteiger partial charge on any atom is 0.253 e. The van der Waals surface area contributed by atoms with Crippen LogP contribution in [0, 0.1) is 0 Å². The predicted molar refractivity (Wildman–Crippen MR) is 54.2 cm³/mol. The molecule has 0 fully saturated rings. The summed E-state index contributed by atoms with van der Waals surface area (Å²) in [6.45, 7) is 3.75. The summed E-state index contributed by atoms with van der Waals surface area (Å²) >= 11 is 0. The second-order valence-electron chi connectivity index (χ2n) is 3.04. The molecule has 0 radical (unpaired) electrons. The van der Waals surface area contributed by atoms with Crippen molar-refractivity contribution in [3.8, 4) is 0 Å². The van der Waals surface area contributed by atoms with E-state index in [1.54, 1.807) is 14.1 Å². The Balaban J connectivity index is 2.87. The first kappa shape index (κ1) is 9.52. The fraction of sp³-hybridized carbons (Fsp3) is 0.182. The zero-order valence-corrected chi connectivity index (χ0v) is 7.95. The molecule has 1 aromatic carbocycles. The molecule has 2 heteroatoms. The Morgan fingerprint density at radius 2 is 1.77 bits per heavy atom. The molecule has 0 saturated heterocycles. The summed E-state index contributed by atoms with van der Waals surface area (Å²) in [4.78, 5) is 13.0. The number of amides is 1. The third-order valence-electron chi connectivity index (χ3n) is 1.79. The van der Waals surface area contributed by atoms with Crippen LogP contribution in [-0.2, 0) is 4.79 Å². The molecule has 0 N–H and O–H groups in total. The number of hydrogen-bond donors (Lipinski definition) is 0. The fourth-order valence-corrected chi connectivity index (χ4v) is 1.03. The van der Waals surface area contributed by atoms with Crippen molar-refractivity contribution < 1.29 is 4.79 Å². The topological polar surface area (TPSA) is 20.3 Å². The molecular formula is C11H13NO. The van der Waals surface area contributed by atoms with Gasteiger partial charge in [-0.2, -0.15) is 0 Å². The van der Waals surface area contributed by atoms with Crippen molar-refractivity contribution in [1.29, 1.82) is 0 Å². The number of rotatable bonds is 2. The zero-order chi connectivity index (χ0) is 9.84. The molecule has 13 heavy (non-hydrogen) atoms. The molecule has 0 saturated carbocycles. The standard InChI is InChI=1S/C11H13NO/c1-9(11(13)12(2)3)10-7-5-4-6-8-10/h4-8H,1H2,2-3H3. The van der Waals surface area contributed by atoms with Gasteiger partial charge in [0.1, 0.15) is 0 Å². The maximum atomic E-state index is 11.5. The van der Waals surface area contributed by atoms with Gasteiger partial charge in [-0.25, -0.2) is 0 Å². The minimum absolute atomic E-state index is 0.0498. The van der Waals surface area contributed by atoms with E-state index in [0.29, 0.717) is 5.57 Å². The van der Waals surface area contributed by atoms with Gasteiger partial charge in [-0.3, -0.25) is 4.79 Å². The van der Waals surface area contributed by atoms with E-state index in [1.807, 2.05) is 30.3 Å². The molecule has 0 bridgehead atoms. The lowest BCUT2D eigenvalue weighted by Gasteiger charge is -2.12. The Hall–Kier alpha value is -1.57. The SMILES string of the molecule is C=C(C(=O)N(C)C)c1ccccc1. The number of nitrogens with zero attached hydrogens (tertiary/aromatic N) is 1. The number of benzene rings is 1. The molecule has 1 amide bonds. The molecule has 0 aliphatic carbocycles. The molecule has 1 rings (SSSR count). The van der Waals surface area contributed by atoms with E-state index >= 15 is 0 Å². The molecule has 0 atom stereocenters. The van der Waals surface area contributed by atoms with Gasteiger partial charge in [0, 0.05) is 19.7 Å². The summed E-state index contributed by atoms with van der Waals surface area (Å²) in [5.74, 6) is -0.0498. The van der Waals surface area contributed by atoms with Crippen molar-refractivity contribution in [2.75, 3.05) is 14.1 Å². The van der Waals surface area contributed by atoms with E-state index in [4.69, 9.17) is 0 Å². The zero-order valence-electron chi connectivity index (χ0n) is 7.95. The Bertz CT molecular complexity index is 314. The van der Waals surface area contributed by atoms with Crippen molar-refractivity contribution >= 4 is 11.5 Å². The van der Waals surface area contributed by atoms with Gasteiger partial charge in [0.15, 0.2) is 0 Å². The van der Waals surface area contributed by atoms with Crippen LogP contribution in [0.4, 0.5) is 0 Å². The third-order valence-corrected chi connectivity index (χ3v) is 1.79. The van der Waals surface area contributed by atoms with Gasteiger partial charge < -0.3 is 4.90 Å². The van der Waals surface area contributed by atoms with Crippen LogP contribution in [0.3, 0.4) is 0 Å². The van der Waals surface area contributed by atoms with Gasteiger partial charge in [-0.15, -0.1) is 0 Å². The highest BCUT2D eigenvalue weighted by molar-refractivity contribution is 6.18. The Morgan fingerprint density at radius 1 is 1.23 bits per heavy atom. The van der Waals surface area contributed by atoms with E-state index in [9.17, 15) is 4.79 Å². The number of carbonyl (C=O) groups excluding carboxylic acids is 1. The minimum Gasteiger partial charge on any atom is -0.345 e. The number of likely N-dealkylation sites (N-methyl/N-ethyl adjacent to an activating group) is 1. The minimum atomic E-state index is -0.0498. The first-order valence-electron chi connectivity index (χ1n) is 4.09. The molecule has 68 valence electrons. The summed E-state index contributed by atoms with van der Waals surface area (Å²) in [6, 6.07) is 9.46. The molecule has 1 aromatic rings. The first-order valence-corrected chi connectivity index (χ1v) is 4.09. The molecule has 0 spiro atoms. The van der Waals surface area contributed by atoms with Crippen LogP contribution in [0.5, 0.6) is 0 Å². The number of hydrogen-bond acceptors (Lipinski definition) is 1. The summed E-state index contributed by atoms with van der Waals surface area (Å²) in [5, 5.41) is 0. The molecule has 0 heterocycles. The fourth-order valence-electron chi connectivity index (χ4n) is 1.03. The van der Waals surface area contributed by atoms with Crippen LogP contribution in [-0.4, -0.2) is 24.9 Å². The highest BCUT2D eigenvalue weighted by Gasteiger charge is 2.09. The first-order chi connectivity index (χ1) is 6.13. The van der Waals surface area contributed by atoms with Gasteiger partial charge in [0.25, 0.3) is 5.91 Å². The van der Waals surface area contributed by atoms with Crippen molar-refractivity contribution in [3.63, 3.8) is 0 Å². The molecule has 2 nitrogen and oxygen atoms in total. The van der Waals surface area contributed by atoms with Gasteiger partial charge in [-0.05, 0) is 5.56 Å². The van der Waals surface area contributed by atoms with Crippen molar-refractivity contribution in [3.05, 3.63) is 42.5 Å². The summed E-state index contributed by atoms with van der Waals surface area (Å²) in [6.07, 6.45) is 0. The largest absolute Gasteiger partial charge is 0.345 e. The molecule has 0 aliphatic rings. The van der Waals surface area contributed by atoms with Gasteiger partial charge in [-0.1, -0.05) is 36.9 Å². The average Bonchev–Trinajstić information content (AvgIpc) is 2.17. The quantitative estimate of drug-likeness (QED) is 0.627. The molecular weight excluding hydrogens is 162 g/mol. The van der Waals surface area contributed by atoms with E-state index in [1.165, 1.54) is 4.90 Å². The normalized spacial score (nSPS) is 9.38. The van der Waals surface area contributed by atoms with Crippen molar-refractivity contribution in [1.82, 2.24) is 4.90 Å². The summed E-state index contributed by atoms with van der Waals surface area (Å²) < 4.78 is 0. The van der Waals surface area contributed by atoms with Crippen molar-refractivity contribution in [2.45, 2.75) is 0 Å². The Labute approximate surface area is 78.5 Å². The van der Waals surface area contributed by atoms with Crippen LogP contribution in [0.2, 0.25) is 0 Å². The predicted octanol–water partition coefficient (Wildman–Crippen LogP) is 1.79. The lowest BCUT2D eigenvalue weighted by atomic mass is 10.1. The van der Waals surface area contributed by atoms with Crippen LogP contribution in [0.1, 0.15) is 5.56 Å². The smallest absolute Gasteiger partial charge is 0.253 e.